The molecule has 2 aromatic carbocycles. The van der Waals surface area contributed by atoms with Gasteiger partial charge < -0.3 is 5.11 Å². The second-order valence-electron chi connectivity index (χ2n) is 4.81. The Morgan fingerprint density at radius 1 is 1.16 bits per heavy atom. The number of phenolic OH excluding ortho intramolecular Hbond substituents is 1. The fourth-order valence-electron chi connectivity index (χ4n) is 1.99. The van der Waals surface area contributed by atoms with E-state index in [1.807, 2.05) is 0 Å². The van der Waals surface area contributed by atoms with Crippen molar-refractivity contribution in [3.63, 3.8) is 0 Å². The second-order valence-corrected chi connectivity index (χ2v) is 6.50. The molecular weight excluding hydrogens is 352 g/mol. The van der Waals surface area contributed by atoms with Crippen LogP contribution in [0, 0.1) is 10.1 Å². The number of phenols is 1. The molecule has 12 heteroatoms. The van der Waals surface area contributed by atoms with Crippen molar-refractivity contribution in [2.75, 3.05) is 4.72 Å². The van der Waals surface area contributed by atoms with Crippen LogP contribution in [-0.2, 0) is 10.0 Å². The van der Waals surface area contributed by atoms with Crippen molar-refractivity contribution >= 4 is 21.4 Å². The lowest BCUT2D eigenvalue weighted by Gasteiger charge is -2.09. The van der Waals surface area contributed by atoms with Crippen LogP contribution < -0.4 is 4.72 Å². The Labute approximate surface area is 140 Å². The highest BCUT2D eigenvalue weighted by Crippen LogP contribution is 2.29. The van der Waals surface area contributed by atoms with Crippen molar-refractivity contribution < 1.29 is 18.4 Å². The minimum atomic E-state index is -4.07. The number of aromatic hydroxyl groups is 1. The average Bonchev–Trinajstić information content (AvgIpc) is 3.09. The van der Waals surface area contributed by atoms with Gasteiger partial charge >= 0.3 is 5.69 Å². The number of hydrogen-bond donors (Lipinski definition) is 2. The molecule has 0 unspecified atom stereocenters. The van der Waals surface area contributed by atoms with Crippen molar-refractivity contribution in [3.8, 4) is 11.4 Å². The number of hydrogen-bond acceptors (Lipinski definition) is 8. The van der Waals surface area contributed by atoms with E-state index in [9.17, 15) is 23.6 Å². The number of nitro benzene ring substituents is 1. The summed E-state index contributed by atoms with van der Waals surface area (Å²) in [6.07, 6.45) is 1.38. The molecule has 2 N–H and O–H groups in total. The molecule has 0 amide bonds. The molecular formula is C13H10N6O5S. The van der Waals surface area contributed by atoms with E-state index in [-0.39, 0.29) is 10.6 Å². The van der Waals surface area contributed by atoms with E-state index in [0.29, 0.717) is 5.69 Å². The standard InChI is InChI=1S/C13H10N6O5S/c20-13-6-5-11(7-12(13)19(21)22)25(23,24)15-9-1-3-10(4-2-9)18-8-14-16-17-18/h1-8,15,20H. The van der Waals surface area contributed by atoms with Crippen molar-refractivity contribution in [3.05, 3.63) is 58.9 Å². The lowest BCUT2D eigenvalue weighted by molar-refractivity contribution is -0.386. The van der Waals surface area contributed by atoms with Crippen LogP contribution in [0.2, 0.25) is 0 Å². The number of benzene rings is 2. The van der Waals surface area contributed by atoms with Gasteiger partial charge in [0.15, 0.2) is 5.75 Å². The van der Waals surface area contributed by atoms with E-state index < -0.39 is 26.4 Å². The predicted molar refractivity (Wildman–Crippen MR) is 84.7 cm³/mol. The maximum absolute atomic E-state index is 12.3. The highest BCUT2D eigenvalue weighted by Gasteiger charge is 2.21. The van der Waals surface area contributed by atoms with Gasteiger partial charge in [-0.3, -0.25) is 14.8 Å². The van der Waals surface area contributed by atoms with Gasteiger partial charge in [0.1, 0.15) is 6.33 Å². The molecule has 3 rings (SSSR count). The molecule has 3 aromatic rings. The maximum Gasteiger partial charge on any atom is 0.312 e. The maximum atomic E-state index is 12.3. The molecule has 0 aliphatic rings. The van der Waals surface area contributed by atoms with Gasteiger partial charge in [0.05, 0.1) is 15.5 Å². The number of aromatic nitrogens is 4. The third kappa shape index (κ3) is 3.37. The molecule has 128 valence electrons. The molecule has 0 spiro atoms. The summed E-state index contributed by atoms with van der Waals surface area (Å²) >= 11 is 0. The van der Waals surface area contributed by atoms with Crippen LogP contribution in [0.4, 0.5) is 11.4 Å². The van der Waals surface area contributed by atoms with E-state index >= 15 is 0 Å². The first kappa shape index (κ1) is 16.3. The Balaban J connectivity index is 1.86. The van der Waals surface area contributed by atoms with Gasteiger partial charge in [-0.25, -0.2) is 13.1 Å². The number of nitro groups is 1. The monoisotopic (exact) mass is 362 g/mol. The Morgan fingerprint density at radius 2 is 1.88 bits per heavy atom. The molecule has 0 aliphatic heterocycles. The summed E-state index contributed by atoms with van der Waals surface area (Å²) in [6.45, 7) is 0. The van der Waals surface area contributed by atoms with Gasteiger partial charge in [0.25, 0.3) is 10.0 Å². The zero-order valence-corrected chi connectivity index (χ0v) is 13.2. The molecule has 0 bridgehead atoms. The van der Waals surface area contributed by atoms with Crippen molar-refractivity contribution in [1.29, 1.82) is 0 Å². The van der Waals surface area contributed by atoms with E-state index in [1.165, 1.54) is 23.1 Å². The van der Waals surface area contributed by atoms with E-state index in [2.05, 4.69) is 20.2 Å². The molecule has 0 saturated heterocycles. The Kier molecular flexibility index (Phi) is 4.02. The largest absolute Gasteiger partial charge is 0.502 e. The number of nitrogens with zero attached hydrogens (tertiary/aromatic N) is 5. The fraction of sp³-hybridized carbons (Fsp3) is 0. The molecule has 0 fully saturated rings. The lowest BCUT2D eigenvalue weighted by Crippen LogP contribution is -2.13. The number of rotatable bonds is 5. The first-order chi connectivity index (χ1) is 11.9. The predicted octanol–water partition coefficient (Wildman–Crippen LogP) is 1.08. The Hall–Kier alpha value is -3.54. The number of tetrazole rings is 1. The van der Waals surface area contributed by atoms with Crippen LogP contribution in [0.15, 0.2) is 53.7 Å². The van der Waals surface area contributed by atoms with Crippen LogP contribution in [-0.4, -0.2) is 38.7 Å². The van der Waals surface area contributed by atoms with E-state index in [4.69, 9.17) is 0 Å². The van der Waals surface area contributed by atoms with Crippen molar-refractivity contribution in [2.45, 2.75) is 4.90 Å². The van der Waals surface area contributed by atoms with Gasteiger partial charge in [-0.05, 0) is 46.8 Å². The summed E-state index contributed by atoms with van der Waals surface area (Å²) in [5.41, 5.74) is 0.165. The van der Waals surface area contributed by atoms with Crippen LogP contribution in [0.1, 0.15) is 0 Å². The van der Waals surface area contributed by atoms with Gasteiger partial charge in [-0.15, -0.1) is 5.10 Å². The van der Waals surface area contributed by atoms with Gasteiger partial charge in [0.2, 0.25) is 0 Å². The zero-order chi connectivity index (χ0) is 18.0. The molecule has 1 heterocycles. The molecule has 25 heavy (non-hydrogen) atoms. The quantitative estimate of drug-likeness (QED) is 0.505. The van der Waals surface area contributed by atoms with Crippen LogP contribution in [0.3, 0.4) is 0 Å². The molecule has 0 saturated carbocycles. The summed E-state index contributed by atoms with van der Waals surface area (Å²) in [7, 11) is -4.07. The Bertz CT molecular complexity index is 1020. The number of sulfonamides is 1. The molecule has 1 aromatic heterocycles. The SMILES string of the molecule is O=[N+]([O-])c1cc(S(=O)(=O)Nc2ccc(-n3cnnn3)cc2)ccc1O. The van der Waals surface area contributed by atoms with Gasteiger partial charge in [0, 0.05) is 11.8 Å². The molecule has 0 aliphatic carbocycles. The van der Waals surface area contributed by atoms with Crippen LogP contribution in [0.25, 0.3) is 5.69 Å². The zero-order valence-electron chi connectivity index (χ0n) is 12.3. The van der Waals surface area contributed by atoms with Crippen LogP contribution >= 0.6 is 0 Å². The third-order valence-electron chi connectivity index (χ3n) is 3.19. The summed E-state index contributed by atoms with van der Waals surface area (Å²) in [5, 5.41) is 30.9. The highest BCUT2D eigenvalue weighted by molar-refractivity contribution is 7.92. The molecule has 0 atom stereocenters. The highest BCUT2D eigenvalue weighted by atomic mass is 32.2. The lowest BCUT2D eigenvalue weighted by atomic mass is 10.3. The van der Waals surface area contributed by atoms with E-state index in [1.54, 1.807) is 12.1 Å². The normalized spacial score (nSPS) is 11.2. The van der Waals surface area contributed by atoms with Gasteiger partial charge in [-0.1, -0.05) is 0 Å². The third-order valence-corrected chi connectivity index (χ3v) is 4.57. The van der Waals surface area contributed by atoms with Crippen LogP contribution in [0.5, 0.6) is 5.75 Å². The summed E-state index contributed by atoms with van der Waals surface area (Å²) in [6, 6.07) is 8.97. The van der Waals surface area contributed by atoms with Crippen molar-refractivity contribution in [2.24, 2.45) is 0 Å². The fourth-order valence-corrected chi connectivity index (χ4v) is 3.07. The first-order valence-corrected chi connectivity index (χ1v) is 8.19. The number of nitrogens with one attached hydrogen (secondary N) is 1. The smallest absolute Gasteiger partial charge is 0.312 e. The van der Waals surface area contributed by atoms with Crippen molar-refractivity contribution in [1.82, 2.24) is 20.2 Å². The molecule has 0 radical (unpaired) electrons. The second kappa shape index (κ2) is 6.16. The summed E-state index contributed by atoms with van der Waals surface area (Å²) in [5.74, 6) is -0.616. The minimum absolute atomic E-state index is 0.243. The Morgan fingerprint density at radius 3 is 2.48 bits per heavy atom. The summed E-state index contributed by atoms with van der Waals surface area (Å²) < 4.78 is 28.4. The number of anilines is 1. The summed E-state index contributed by atoms with van der Waals surface area (Å²) in [4.78, 5) is 9.61. The minimum Gasteiger partial charge on any atom is -0.502 e. The average molecular weight is 362 g/mol. The van der Waals surface area contributed by atoms with Gasteiger partial charge in [-0.2, -0.15) is 0 Å². The van der Waals surface area contributed by atoms with E-state index in [0.717, 1.165) is 18.2 Å². The topological polar surface area (TPSA) is 153 Å². The molecule has 11 nitrogen and oxygen atoms in total. The first-order valence-electron chi connectivity index (χ1n) is 6.70.